The van der Waals surface area contributed by atoms with E-state index in [4.69, 9.17) is 0 Å². The number of hydrogen-bond acceptors (Lipinski definition) is 2. The Morgan fingerprint density at radius 2 is 2.00 bits per heavy atom. The molecular weight excluding hydrogens is 230 g/mol. The molecule has 0 aromatic heterocycles. The van der Waals surface area contributed by atoms with Crippen LogP contribution >= 0.6 is 12.6 Å². The van der Waals surface area contributed by atoms with Crippen LogP contribution < -0.4 is 0 Å². The molecule has 1 rings (SSSR count). The first-order valence-corrected chi connectivity index (χ1v) is 6.17. The van der Waals surface area contributed by atoms with E-state index in [2.05, 4.69) is 19.2 Å². The van der Waals surface area contributed by atoms with Crippen LogP contribution in [-0.2, 0) is 11.2 Å². The molecule has 1 aromatic rings. The van der Waals surface area contributed by atoms with Gasteiger partial charge >= 0.3 is 0 Å². The van der Waals surface area contributed by atoms with Crippen LogP contribution in [0.4, 0.5) is 0 Å². The lowest BCUT2D eigenvalue weighted by molar-refractivity contribution is -0.131. The third kappa shape index (κ3) is 4.27. The first kappa shape index (κ1) is 13.8. The van der Waals surface area contributed by atoms with E-state index in [0.29, 0.717) is 13.0 Å². The summed E-state index contributed by atoms with van der Waals surface area (Å²) in [6.07, 6.45) is 2.19. The molecule has 0 fully saturated rings. The van der Waals surface area contributed by atoms with Gasteiger partial charge in [-0.2, -0.15) is 0 Å². The Bertz CT molecular complexity index is 384. The Kier molecular flexibility index (Phi) is 5.29. The van der Waals surface area contributed by atoms with E-state index < -0.39 is 0 Å². The van der Waals surface area contributed by atoms with Crippen molar-refractivity contribution in [1.82, 2.24) is 4.90 Å². The number of benzene rings is 1. The van der Waals surface area contributed by atoms with E-state index in [9.17, 15) is 4.79 Å². The molecule has 0 radical (unpaired) electrons. The molecule has 1 amide bonds. The van der Waals surface area contributed by atoms with Crippen molar-refractivity contribution in [3.05, 3.63) is 42.5 Å². The van der Waals surface area contributed by atoms with Crippen LogP contribution in [0.15, 0.2) is 41.8 Å². The van der Waals surface area contributed by atoms with E-state index >= 15 is 0 Å². The molecular formula is C14H19NOS. The van der Waals surface area contributed by atoms with Gasteiger partial charge in [-0.25, -0.2) is 0 Å². The van der Waals surface area contributed by atoms with Crippen LogP contribution in [-0.4, -0.2) is 23.4 Å². The Labute approximate surface area is 109 Å². The molecule has 0 N–H and O–H groups in total. The van der Waals surface area contributed by atoms with Crippen molar-refractivity contribution in [3.8, 4) is 0 Å². The standard InChI is InChI=1S/C14H19NOS/c1-4-9-15(11(2)3)14(16)10-12-5-7-13(17)8-6-12/h4-8,11,17H,1,9-10H2,2-3H3. The summed E-state index contributed by atoms with van der Waals surface area (Å²) in [5, 5.41) is 0. The summed E-state index contributed by atoms with van der Waals surface area (Å²) in [4.78, 5) is 14.8. The zero-order valence-electron chi connectivity index (χ0n) is 10.4. The number of hydrogen-bond donors (Lipinski definition) is 1. The largest absolute Gasteiger partial charge is 0.336 e. The fraction of sp³-hybridized carbons (Fsp3) is 0.357. The van der Waals surface area contributed by atoms with Crippen LogP contribution in [0.2, 0.25) is 0 Å². The molecule has 0 aliphatic rings. The molecule has 0 aliphatic carbocycles. The van der Waals surface area contributed by atoms with Gasteiger partial charge in [-0.05, 0) is 31.5 Å². The van der Waals surface area contributed by atoms with Crippen LogP contribution in [0.1, 0.15) is 19.4 Å². The van der Waals surface area contributed by atoms with E-state index in [1.807, 2.05) is 43.0 Å². The molecule has 0 heterocycles. The molecule has 1 aromatic carbocycles. The zero-order chi connectivity index (χ0) is 12.8. The smallest absolute Gasteiger partial charge is 0.227 e. The maximum atomic E-state index is 12.1. The molecule has 0 aliphatic heterocycles. The van der Waals surface area contributed by atoms with Crippen molar-refractivity contribution < 1.29 is 4.79 Å². The zero-order valence-corrected chi connectivity index (χ0v) is 11.3. The van der Waals surface area contributed by atoms with Crippen molar-refractivity contribution >= 4 is 18.5 Å². The monoisotopic (exact) mass is 249 g/mol. The average molecular weight is 249 g/mol. The van der Waals surface area contributed by atoms with Gasteiger partial charge in [0, 0.05) is 17.5 Å². The quantitative estimate of drug-likeness (QED) is 0.628. The first-order chi connectivity index (χ1) is 8.04. The third-order valence-electron chi connectivity index (χ3n) is 2.56. The highest BCUT2D eigenvalue weighted by molar-refractivity contribution is 7.80. The Hall–Kier alpha value is -1.22. The molecule has 17 heavy (non-hydrogen) atoms. The second-order valence-electron chi connectivity index (χ2n) is 4.27. The second kappa shape index (κ2) is 6.50. The highest BCUT2D eigenvalue weighted by Crippen LogP contribution is 2.10. The predicted molar refractivity (Wildman–Crippen MR) is 74.4 cm³/mol. The number of carbonyl (C=O) groups is 1. The van der Waals surface area contributed by atoms with Crippen molar-refractivity contribution in [1.29, 1.82) is 0 Å². The van der Waals surface area contributed by atoms with E-state index in [0.717, 1.165) is 10.5 Å². The number of amides is 1. The summed E-state index contributed by atoms with van der Waals surface area (Å²) in [5.41, 5.74) is 1.02. The van der Waals surface area contributed by atoms with Crippen LogP contribution in [0.25, 0.3) is 0 Å². The predicted octanol–water partition coefficient (Wildman–Crippen LogP) is 2.94. The maximum Gasteiger partial charge on any atom is 0.227 e. The summed E-state index contributed by atoms with van der Waals surface area (Å²) in [7, 11) is 0. The fourth-order valence-corrected chi connectivity index (χ4v) is 1.78. The van der Waals surface area contributed by atoms with E-state index in [1.165, 1.54) is 0 Å². The molecule has 0 atom stereocenters. The van der Waals surface area contributed by atoms with Gasteiger partial charge in [0.25, 0.3) is 0 Å². The summed E-state index contributed by atoms with van der Waals surface area (Å²) < 4.78 is 0. The van der Waals surface area contributed by atoms with Gasteiger partial charge in [0.15, 0.2) is 0 Å². The van der Waals surface area contributed by atoms with Crippen LogP contribution in [0, 0.1) is 0 Å². The van der Waals surface area contributed by atoms with Crippen molar-refractivity contribution in [2.24, 2.45) is 0 Å². The van der Waals surface area contributed by atoms with Crippen molar-refractivity contribution in [3.63, 3.8) is 0 Å². The van der Waals surface area contributed by atoms with E-state index in [1.54, 1.807) is 6.08 Å². The lowest BCUT2D eigenvalue weighted by Gasteiger charge is -2.25. The number of rotatable bonds is 5. The van der Waals surface area contributed by atoms with Crippen molar-refractivity contribution in [2.45, 2.75) is 31.2 Å². The second-order valence-corrected chi connectivity index (χ2v) is 4.79. The normalized spacial score (nSPS) is 10.4. The van der Waals surface area contributed by atoms with Gasteiger partial charge in [-0.15, -0.1) is 19.2 Å². The molecule has 2 nitrogen and oxygen atoms in total. The Morgan fingerprint density at radius 1 is 1.41 bits per heavy atom. The topological polar surface area (TPSA) is 20.3 Å². The molecule has 0 unspecified atom stereocenters. The fourth-order valence-electron chi connectivity index (χ4n) is 1.63. The minimum Gasteiger partial charge on any atom is -0.336 e. The van der Waals surface area contributed by atoms with Gasteiger partial charge in [0.2, 0.25) is 5.91 Å². The van der Waals surface area contributed by atoms with Crippen molar-refractivity contribution in [2.75, 3.05) is 6.54 Å². The number of nitrogens with zero attached hydrogens (tertiary/aromatic N) is 1. The molecule has 92 valence electrons. The highest BCUT2D eigenvalue weighted by Gasteiger charge is 2.15. The summed E-state index contributed by atoms with van der Waals surface area (Å²) in [6, 6.07) is 7.88. The van der Waals surface area contributed by atoms with Gasteiger partial charge in [0.05, 0.1) is 6.42 Å². The number of thiol groups is 1. The summed E-state index contributed by atoms with van der Waals surface area (Å²) >= 11 is 4.22. The number of carbonyl (C=O) groups excluding carboxylic acids is 1. The van der Waals surface area contributed by atoms with E-state index in [-0.39, 0.29) is 11.9 Å². The van der Waals surface area contributed by atoms with Gasteiger partial charge in [-0.1, -0.05) is 18.2 Å². The molecule has 0 saturated heterocycles. The van der Waals surface area contributed by atoms with Gasteiger partial charge < -0.3 is 4.90 Å². The van der Waals surface area contributed by atoms with Gasteiger partial charge in [0.1, 0.15) is 0 Å². The molecule has 0 spiro atoms. The lowest BCUT2D eigenvalue weighted by atomic mass is 10.1. The first-order valence-electron chi connectivity index (χ1n) is 5.73. The third-order valence-corrected chi connectivity index (χ3v) is 2.86. The maximum absolute atomic E-state index is 12.1. The van der Waals surface area contributed by atoms with Crippen LogP contribution in [0.5, 0.6) is 0 Å². The lowest BCUT2D eigenvalue weighted by Crippen LogP contribution is -2.38. The average Bonchev–Trinajstić information content (AvgIpc) is 2.28. The summed E-state index contributed by atoms with van der Waals surface area (Å²) in [6.45, 7) is 8.30. The molecule has 0 bridgehead atoms. The van der Waals surface area contributed by atoms with Crippen LogP contribution in [0.3, 0.4) is 0 Å². The Morgan fingerprint density at radius 3 is 2.47 bits per heavy atom. The molecule has 3 heteroatoms. The molecule has 0 saturated carbocycles. The minimum atomic E-state index is 0.131. The van der Waals surface area contributed by atoms with Gasteiger partial charge in [-0.3, -0.25) is 4.79 Å². The SMILES string of the molecule is C=CCN(C(=O)Cc1ccc(S)cc1)C(C)C. The highest BCUT2D eigenvalue weighted by atomic mass is 32.1. The summed E-state index contributed by atoms with van der Waals surface area (Å²) in [5.74, 6) is 0.131. The Balaban J connectivity index is 2.69. The minimum absolute atomic E-state index is 0.131.